The minimum absolute atomic E-state index is 0.0146. The molecule has 0 N–H and O–H groups in total. The van der Waals surface area contributed by atoms with Gasteiger partial charge in [0.05, 0.1) is 5.75 Å². The molecule has 0 radical (unpaired) electrons. The lowest BCUT2D eigenvalue weighted by atomic mass is 10.2. The van der Waals surface area contributed by atoms with Crippen molar-refractivity contribution in [3.63, 3.8) is 0 Å². The Morgan fingerprint density at radius 3 is 2.20 bits per heavy atom. The lowest BCUT2D eigenvalue weighted by Crippen LogP contribution is -2.36. The molecule has 5 nitrogen and oxygen atoms in total. The van der Waals surface area contributed by atoms with Gasteiger partial charge in [-0.15, -0.1) is 0 Å². The third-order valence-electron chi connectivity index (χ3n) is 1.38. The fraction of sp³-hybridized carbons (Fsp3) is 0.875. The van der Waals surface area contributed by atoms with Crippen LogP contribution in [-0.2, 0) is 13.8 Å². The van der Waals surface area contributed by atoms with E-state index in [4.69, 9.17) is 15.4 Å². The van der Waals surface area contributed by atoms with Crippen LogP contribution in [-0.4, -0.2) is 44.4 Å². The van der Waals surface area contributed by atoms with E-state index in [2.05, 4.69) is 0 Å². The average Bonchev–Trinajstić information content (AvgIpc) is 1.95. The zero-order valence-corrected chi connectivity index (χ0v) is 10.9. The summed E-state index contributed by atoms with van der Waals surface area (Å²) in [4.78, 5) is 12.5. The fourth-order valence-corrected chi connectivity index (χ4v) is 1.38. The van der Waals surface area contributed by atoms with Crippen LogP contribution in [0.1, 0.15) is 20.8 Å². The van der Waals surface area contributed by atoms with Gasteiger partial charge in [0, 0.05) is 24.3 Å². The van der Waals surface area contributed by atoms with Crippen molar-refractivity contribution in [3.05, 3.63) is 0 Å². The van der Waals surface area contributed by atoms with E-state index < -0.39 is 20.7 Å². The number of rotatable bonds is 3. The maximum absolute atomic E-state index is 11.3. The largest absolute Gasteiger partial charge is 0.444 e. The van der Waals surface area contributed by atoms with E-state index in [1.165, 1.54) is 11.9 Å². The Bertz CT molecular complexity index is 320. The van der Waals surface area contributed by atoms with Crippen molar-refractivity contribution in [3.8, 4) is 0 Å². The van der Waals surface area contributed by atoms with Crippen molar-refractivity contribution in [2.45, 2.75) is 26.4 Å². The average molecular weight is 258 g/mol. The van der Waals surface area contributed by atoms with Crippen LogP contribution in [0.2, 0.25) is 0 Å². The Kier molecular flexibility index (Phi) is 4.86. The van der Waals surface area contributed by atoms with Gasteiger partial charge >= 0.3 is 6.09 Å². The van der Waals surface area contributed by atoms with E-state index in [9.17, 15) is 13.2 Å². The molecule has 0 aliphatic heterocycles. The summed E-state index contributed by atoms with van der Waals surface area (Å²) in [5.74, 6) is -0.287. The second-order valence-electron chi connectivity index (χ2n) is 4.14. The summed E-state index contributed by atoms with van der Waals surface area (Å²) in [5.41, 5.74) is -0.592. The van der Waals surface area contributed by atoms with Crippen LogP contribution in [0.3, 0.4) is 0 Å². The molecular weight excluding hydrogens is 242 g/mol. The quantitative estimate of drug-likeness (QED) is 0.718. The normalized spacial score (nSPS) is 12.3. The van der Waals surface area contributed by atoms with Gasteiger partial charge < -0.3 is 9.64 Å². The van der Waals surface area contributed by atoms with E-state index in [0.29, 0.717) is 0 Å². The minimum atomic E-state index is -3.57. The van der Waals surface area contributed by atoms with Crippen molar-refractivity contribution < 1.29 is 17.9 Å². The Labute approximate surface area is 94.8 Å². The van der Waals surface area contributed by atoms with Gasteiger partial charge in [0.2, 0.25) is 9.05 Å². The first-order valence-corrected chi connectivity index (χ1v) is 6.85. The van der Waals surface area contributed by atoms with Crippen LogP contribution in [0.5, 0.6) is 0 Å². The van der Waals surface area contributed by atoms with Crippen LogP contribution < -0.4 is 0 Å². The van der Waals surface area contributed by atoms with Gasteiger partial charge in [-0.1, -0.05) is 0 Å². The predicted molar refractivity (Wildman–Crippen MR) is 58.5 cm³/mol. The molecule has 0 saturated carbocycles. The highest BCUT2D eigenvalue weighted by atomic mass is 35.7. The molecule has 1 amide bonds. The highest BCUT2D eigenvalue weighted by Gasteiger charge is 2.20. The molecule has 0 fully saturated rings. The van der Waals surface area contributed by atoms with Gasteiger partial charge in [-0.25, -0.2) is 13.2 Å². The summed E-state index contributed by atoms with van der Waals surface area (Å²) in [5, 5.41) is 0. The molecule has 0 aromatic heterocycles. The third-order valence-corrected chi connectivity index (χ3v) is 2.51. The summed E-state index contributed by atoms with van der Waals surface area (Å²) >= 11 is 0. The Morgan fingerprint density at radius 1 is 1.40 bits per heavy atom. The molecule has 0 rings (SSSR count). The molecule has 90 valence electrons. The van der Waals surface area contributed by atoms with Crippen LogP contribution in [0.4, 0.5) is 4.79 Å². The van der Waals surface area contributed by atoms with Crippen LogP contribution in [0.25, 0.3) is 0 Å². The number of ether oxygens (including phenoxy) is 1. The van der Waals surface area contributed by atoms with Gasteiger partial charge in [-0.05, 0) is 20.8 Å². The van der Waals surface area contributed by atoms with Crippen molar-refractivity contribution in [1.29, 1.82) is 0 Å². The summed E-state index contributed by atoms with van der Waals surface area (Å²) < 4.78 is 26.3. The summed E-state index contributed by atoms with van der Waals surface area (Å²) in [6.45, 7) is 5.21. The zero-order valence-electron chi connectivity index (χ0n) is 9.28. The van der Waals surface area contributed by atoms with Crippen LogP contribution in [0.15, 0.2) is 0 Å². The van der Waals surface area contributed by atoms with Crippen molar-refractivity contribution >= 4 is 25.8 Å². The third kappa shape index (κ3) is 8.50. The summed E-state index contributed by atoms with van der Waals surface area (Å²) in [6, 6.07) is 0. The highest BCUT2D eigenvalue weighted by Crippen LogP contribution is 2.09. The second-order valence-corrected chi connectivity index (χ2v) is 7.04. The Balaban J connectivity index is 4.12. The van der Waals surface area contributed by atoms with Gasteiger partial charge in [0.25, 0.3) is 0 Å². The summed E-state index contributed by atoms with van der Waals surface area (Å²) in [6.07, 6.45) is -0.567. The number of hydrogen-bond acceptors (Lipinski definition) is 4. The number of carbonyl (C=O) groups is 1. The first-order valence-electron chi connectivity index (χ1n) is 4.38. The fourth-order valence-electron chi connectivity index (χ4n) is 0.677. The van der Waals surface area contributed by atoms with E-state index in [-0.39, 0.29) is 12.3 Å². The summed E-state index contributed by atoms with van der Waals surface area (Å²) in [7, 11) is 2.89. The van der Waals surface area contributed by atoms with Gasteiger partial charge in [0.1, 0.15) is 5.60 Å². The zero-order chi connectivity index (χ0) is 12.3. The molecule has 7 heteroatoms. The lowest BCUT2D eigenvalue weighted by molar-refractivity contribution is 0.0309. The molecule has 0 saturated heterocycles. The van der Waals surface area contributed by atoms with Gasteiger partial charge in [-0.2, -0.15) is 0 Å². The molecule has 0 aromatic carbocycles. The van der Waals surface area contributed by atoms with Crippen LogP contribution >= 0.6 is 10.7 Å². The van der Waals surface area contributed by atoms with Crippen molar-refractivity contribution in [2.75, 3.05) is 19.3 Å². The molecule has 0 aliphatic rings. The maximum atomic E-state index is 11.3. The first-order chi connectivity index (χ1) is 6.51. The van der Waals surface area contributed by atoms with Crippen LogP contribution in [0, 0.1) is 0 Å². The number of halogens is 1. The van der Waals surface area contributed by atoms with E-state index in [0.717, 1.165) is 0 Å². The SMILES string of the molecule is CN(CCS(=O)(=O)Cl)C(=O)OC(C)(C)C. The van der Waals surface area contributed by atoms with E-state index in [1.54, 1.807) is 20.8 Å². The maximum Gasteiger partial charge on any atom is 0.410 e. The highest BCUT2D eigenvalue weighted by molar-refractivity contribution is 8.13. The molecule has 0 unspecified atom stereocenters. The monoisotopic (exact) mass is 257 g/mol. The smallest absolute Gasteiger partial charge is 0.410 e. The molecule has 0 atom stereocenters. The molecule has 0 spiro atoms. The van der Waals surface area contributed by atoms with Crippen molar-refractivity contribution in [2.24, 2.45) is 0 Å². The predicted octanol–water partition coefficient (Wildman–Crippen LogP) is 1.42. The first kappa shape index (κ1) is 14.5. The number of nitrogens with zero attached hydrogens (tertiary/aromatic N) is 1. The standard InChI is InChI=1S/C8H16ClNO4S/c1-8(2,3)14-7(11)10(4)5-6-15(9,12)13/h5-6H2,1-4H3. The molecule has 0 bridgehead atoms. The molecule has 0 aromatic rings. The Hall–Kier alpha value is -0.490. The molecular formula is C8H16ClNO4S. The van der Waals surface area contributed by atoms with E-state index >= 15 is 0 Å². The molecule has 15 heavy (non-hydrogen) atoms. The van der Waals surface area contributed by atoms with Gasteiger partial charge in [0.15, 0.2) is 0 Å². The molecule has 0 heterocycles. The number of carbonyl (C=O) groups excluding carboxylic acids is 1. The minimum Gasteiger partial charge on any atom is -0.444 e. The Morgan fingerprint density at radius 2 is 1.87 bits per heavy atom. The van der Waals surface area contributed by atoms with Gasteiger partial charge in [-0.3, -0.25) is 0 Å². The molecule has 0 aliphatic carbocycles. The number of amides is 1. The topological polar surface area (TPSA) is 63.7 Å². The van der Waals surface area contributed by atoms with Crippen molar-refractivity contribution in [1.82, 2.24) is 4.90 Å². The lowest BCUT2D eigenvalue weighted by Gasteiger charge is -2.24. The second kappa shape index (κ2) is 5.03. The van der Waals surface area contributed by atoms with E-state index in [1.807, 2.05) is 0 Å². The number of hydrogen-bond donors (Lipinski definition) is 0.